The Morgan fingerprint density at radius 3 is 2.77 bits per heavy atom. The molecule has 4 aromatic rings. The highest BCUT2D eigenvalue weighted by molar-refractivity contribution is 7.80. The smallest absolute Gasteiger partial charge is 0.194 e. The summed E-state index contributed by atoms with van der Waals surface area (Å²) in [7, 11) is 0. The lowest BCUT2D eigenvalue weighted by atomic mass is 10.0. The number of nitrogens with one attached hydrogen (secondary N) is 1. The van der Waals surface area contributed by atoms with Gasteiger partial charge in [0.2, 0.25) is 0 Å². The van der Waals surface area contributed by atoms with Crippen LogP contribution >= 0.6 is 23.6 Å². The van der Waals surface area contributed by atoms with Gasteiger partial charge in [0.1, 0.15) is 0 Å². The normalized spacial score (nSPS) is 18.8. The second-order valence-electron chi connectivity index (χ2n) is 7.16. The number of rotatable bonds is 6. The van der Waals surface area contributed by atoms with Crippen LogP contribution < -0.4 is 5.32 Å². The molecular weight excluding hydrogens is 414 g/mol. The Morgan fingerprint density at radius 1 is 1.10 bits per heavy atom. The third-order valence-corrected chi connectivity index (χ3v) is 6.71. The molecule has 2 atom stereocenters. The highest BCUT2D eigenvalue weighted by Crippen LogP contribution is 2.40. The highest BCUT2D eigenvalue weighted by Gasteiger charge is 2.41. The van der Waals surface area contributed by atoms with Crippen molar-refractivity contribution in [1.82, 2.24) is 24.8 Å². The van der Waals surface area contributed by atoms with E-state index in [9.17, 15) is 5.11 Å². The number of nitrogens with zero attached hydrogens (tertiary/aromatic N) is 4. The number of aliphatic hydroxyl groups excluding tert-OH is 1. The zero-order valence-electron chi connectivity index (χ0n) is 16.2. The van der Waals surface area contributed by atoms with E-state index in [1.807, 2.05) is 48.7 Å². The number of benzene rings is 1. The third-order valence-electron chi connectivity index (χ3n) is 5.33. The molecule has 4 heterocycles. The molecule has 0 radical (unpaired) electrons. The molecule has 2 N–H and O–H groups in total. The van der Waals surface area contributed by atoms with Gasteiger partial charge in [-0.05, 0) is 55.0 Å². The van der Waals surface area contributed by atoms with Crippen molar-refractivity contribution < 1.29 is 5.11 Å². The Morgan fingerprint density at radius 2 is 1.97 bits per heavy atom. The van der Waals surface area contributed by atoms with E-state index in [1.54, 1.807) is 17.5 Å². The van der Waals surface area contributed by atoms with Gasteiger partial charge in [-0.2, -0.15) is 0 Å². The van der Waals surface area contributed by atoms with Crippen LogP contribution in [0.2, 0.25) is 0 Å². The van der Waals surface area contributed by atoms with E-state index in [2.05, 4.69) is 31.9 Å². The van der Waals surface area contributed by atoms with Gasteiger partial charge in [0.25, 0.3) is 0 Å². The maximum absolute atomic E-state index is 9.41. The van der Waals surface area contributed by atoms with Crippen molar-refractivity contribution in [2.45, 2.75) is 18.5 Å². The number of aliphatic hydroxyl groups is 1. The number of thiazole rings is 1. The first-order chi connectivity index (χ1) is 14.8. The lowest BCUT2D eigenvalue weighted by Gasteiger charge is -2.28. The van der Waals surface area contributed by atoms with Crippen LogP contribution in [0.4, 0.5) is 0 Å². The van der Waals surface area contributed by atoms with Gasteiger partial charge in [0.15, 0.2) is 10.2 Å². The average molecular weight is 436 g/mol. The molecule has 3 aromatic heterocycles. The maximum Gasteiger partial charge on any atom is 0.194 e. The molecule has 5 rings (SSSR count). The van der Waals surface area contributed by atoms with E-state index in [1.165, 1.54) is 0 Å². The Kier molecular flexibility index (Phi) is 5.20. The monoisotopic (exact) mass is 435 g/mol. The first-order valence-corrected chi connectivity index (χ1v) is 11.1. The van der Waals surface area contributed by atoms with Crippen LogP contribution in [0, 0.1) is 0 Å². The summed E-state index contributed by atoms with van der Waals surface area (Å²) >= 11 is 7.35. The molecule has 0 saturated carbocycles. The first-order valence-electron chi connectivity index (χ1n) is 9.88. The minimum absolute atomic E-state index is 0.0547. The molecule has 1 aliphatic heterocycles. The van der Waals surface area contributed by atoms with Gasteiger partial charge in [-0.3, -0.25) is 9.55 Å². The van der Waals surface area contributed by atoms with Gasteiger partial charge in [0, 0.05) is 25.5 Å². The van der Waals surface area contributed by atoms with Crippen molar-refractivity contribution in [3.63, 3.8) is 0 Å². The summed E-state index contributed by atoms with van der Waals surface area (Å²) in [5, 5.41) is 14.5. The van der Waals surface area contributed by atoms with Crippen LogP contribution in [-0.2, 0) is 0 Å². The van der Waals surface area contributed by atoms with Gasteiger partial charge in [-0.25, -0.2) is 4.98 Å². The second kappa shape index (κ2) is 8.14. The van der Waals surface area contributed by atoms with Crippen molar-refractivity contribution >= 4 is 38.9 Å². The summed E-state index contributed by atoms with van der Waals surface area (Å²) in [5.74, 6) is 0. The quantitative estimate of drug-likeness (QED) is 0.449. The summed E-state index contributed by atoms with van der Waals surface area (Å²) < 4.78 is 3.30. The molecule has 152 valence electrons. The lowest BCUT2D eigenvalue weighted by Crippen LogP contribution is -2.31. The number of pyridine rings is 1. The molecule has 8 heteroatoms. The van der Waals surface area contributed by atoms with Gasteiger partial charge in [-0.1, -0.05) is 29.5 Å². The van der Waals surface area contributed by atoms with E-state index in [4.69, 9.17) is 17.2 Å². The lowest BCUT2D eigenvalue weighted by molar-refractivity contribution is 0.245. The summed E-state index contributed by atoms with van der Waals surface area (Å²) in [4.78, 5) is 11.6. The summed E-state index contributed by atoms with van der Waals surface area (Å²) in [6.45, 7) is 0.792. The molecule has 0 aliphatic carbocycles. The Balaban J connectivity index is 1.60. The van der Waals surface area contributed by atoms with Crippen molar-refractivity contribution in [3.8, 4) is 5.13 Å². The summed E-state index contributed by atoms with van der Waals surface area (Å²) in [6.07, 6.45) is 4.50. The average Bonchev–Trinajstić information content (AvgIpc) is 3.49. The van der Waals surface area contributed by atoms with E-state index < -0.39 is 0 Å². The molecule has 0 bridgehead atoms. The topological polar surface area (TPSA) is 66.2 Å². The van der Waals surface area contributed by atoms with Crippen LogP contribution in [0.3, 0.4) is 0 Å². The van der Waals surface area contributed by atoms with Crippen LogP contribution in [0.1, 0.15) is 29.9 Å². The molecule has 1 aromatic carbocycles. The van der Waals surface area contributed by atoms with Crippen molar-refractivity contribution in [2.24, 2.45) is 0 Å². The maximum atomic E-state index is 9.41. The van der Waals surface area contributed by atoms with Gasteiger partial charge in [-0.15, -0.1) is 0 Å². The van der Waals surface area contributed by atoms with Gasteiger partial charge >= 0.3 is 0 Å². The number of para-hydroxylation sites is 1. The molecule has 1 aliphatic rings. The van der Waals surface area contributed by atoms with Gasteiger partial charge < -0.3 is 15.3 Å². The molecule has 1 fully saturated rings. The minimum Gasteiger partial charge on any atom is -0.396 e. The number of hydrogen-bond acceptors (Lipinski definition) is 5. The number of fused-ring (bicyclic) bond motifs is 1. The number of hydrogen-bond donors (Lipinski definition) is 2. The first kappa shape index (κ1) is 19.2. The molecule has 6 nitrogen and oxygen atoms in total. The fourth-order valence-corrected chi connectivity index (χ4v) is 5.28. The van der Waals surface area contributed by atoms with Crippen molar-refractivity contribution in [3.05, 3.63) is 78.4 Å². The standard InChI is InChI=1S/C22H21N5OS2/c28-14-6-13-27-20(19(25-21(27)29)16-8-3-4-11-23-16)17-9-5-12-26(17)22-24-15-7-1-2-10-18(15)30-22/h1-5,7-12,19-20,28H,6,13-14H2,(H,25,29)/t19-,20+/m0/s1. The third kappa shape index (κ3) is 3.36. The van der Waals surface area contributed by atoms with Crippen LogP contribution in [0.25, 0.3) is 15.3 Å². The molecule has 0 amide bonds. The molecular formula is C22H21N5OS2. The fraction of sp³-hybridized carbons (Fsp3) is 0.227. The summed E-state index contributed by atoms with van der Waals surface area (Å²) in [6, 6.07) is 18.1. The Labute approximate surface area is 183 Å². The molecule has 0 unspecified atom stereocenters. The largest absolute Gasteiger partial charge is 0.396 e. The van der Waals surface area contributed by atoms with E-state index in [-0.39, 0.29) is 18.7 Å². The molecule has 0 spiro atoms. The van der Waals surface area contributed by atoms with Crippen LogP contribution in [-0.4, -0.2) is 42.8 Å². The zero-order chi connectivity index (χ0) is 20.5. The SMILES string of the molecule is OCCCN1C(=S)N[C@@H](c2ccccn2)[C@H]1c1cccn1-c1nc2ccccc2s1. The van der Waals surface area contributed by atoms with Crippen molar-refractivity contribution in [2.75, 3.05) is 13.2 Å². The zero-order valence-corrected chi connectivity index (χ0v) is 17.8. The van der Waals surface area contributed by atoms with E-state index in [0.717, 1.165) is 26.7 Å². The Hall–Kier alpha value is -2.81. The van der Waals surface area contributed by atoms with Crippen LogP contribution in [0.5, 0.6) is 0 Å². The molecule has 30 heavy (non-hydrogen) atoms. The summed E-state index contributed by atoms with van der Waals surface area (Å²) in [5.41, 5.74) is 3.03. The van der Waals surface area contributed by atoms with Crippen molar-refractivity contribution in [1.29, 1.82) is 0 Å². The number of aromatic nitrogens is 3. The van der Waals surface area contributed by atoms with Crippen LogP contribution in [0.15, 0.2) is 67.0 Å². The Bertz CT molecular complexity index is 1140. The number of thiocarbonyl (C=S) groups is 1. The van der Waals surface area contributed by atoms with E-state index in [0.29, 0.717) is 18.1 Å². The minimum atomic E-state index is -0.0829. The predicted molar refractivity (Wildman–Crippen MR) is 123 cm³/mol. The van der Waals surface area contributed by atoms with E-state index >= 15 is 0 Å². The molecule has 1 saturated heterocycles. The fourth-order valence-electron chi connectivity index (χ4n) is 3.98. The second-order valence-corrected chi connectivity index (χ2v) is 8.56. The highest BCUT2D eigenvalue weighted by atomic mass is 32.1. The van der Waals surface area contributed by atoms with Gasteiger partial charge in [0.05, 0.1) is 33.7 Å². The predicted octanol–water partition coefficient (Wildman–Crippen LogP) is 3.84.